The van der Waals surface area contributed by atoms with E-state index in [2.05, 4.69) is 6.92 Å². The van der Waals surface area contributed by atoms with Crippen LogP contribution in [-0.4, -0.2) is 17.4 Å². The van der Waals surface area contributed by atoms with Gasteiger partial charge in [-0.05, 0) is 59.5 Å². The largest absolute Gasteiger partial charge is 0.634 e. The molecule has 0 aliphatic carbocycles. The number of benzene rings is 3. The first-order valence-corrected chi connectivity index (χ1v) is 11.3. The Morgan fingerprint density at radius 2 is 1.35 bits per heavy atom. The number of hydrogen-bond donors (Lipinski definition) is 2. The van der Waals surface area contributed by atoms with Crippen molar-refractivity contribution >= 4 is 42.1 Å². The van der Waals surface area contributed by atoms with E-state index in [1.165, 1.54) is 0 Å². The highest BCUT2D eigenvalue weighted by molar-refractivity contribution is 6.33. The molecule has 1 unspecified atom stereocenters. The van der Waals surface area contributed by atoms with E-state index in [4.69, 9.17) is 39.5 Å². The summed E-state index contributed by atoms with van der Waals surface area (Å²) < 4.78 is 6.02. The van der Waals surface area contributed by atoms with Crippen LogP contribution in [0, 0.1) is 0 Å². The molecular weight excluding hydrogens is 453 g/mol. The molecule has 0 amide bonds. The predicted octanol–water partition coefficient (Wildman–Crippen LogP) is 6.85. The molecule has 0 heterocycles. The van der Waals surface area contributed by atoms with Gasteiger partial charge in [-0.2, -0.15) is 0 Å². The van der Waals surface area contributed by atoms with Gasteiger partial charge in [-0.25, -0.2) is 0 Å². The first-order valence-electron chi connectivity index (χ1n) is 10.2. The standard InChI is InChI=1S/C24H24BCl3O3/c1-2-3-13-23(17-7-4-10-20(26)14-17)24(31-25(29)30,18-8-5-11-21(27)15-18)19-9-6-12-22(28)16-19/h4-12,14-16,23,29-30H,2-3,13H2,1H3. The van der Waals surface area contributed by atoms with Gasteiger partial charge in [0.1, 0.15) is 5.60 Å². The first kappa shape index (κ1) is 24.1. The van der Waals surface area contributed by atoms with Crippen molar-refractivity contribution in [1.29, 1.82) is 0 Å². The van der Waals surface area contributed by atoms with Crippen molar-refractivity contribution in [3.8, 4) is 0 Å². The molecule has 7 heteroatoms. The second kappa shape index (κ2) is 10.9. The third-order valence-electron chi connectivity index (χ3n) is 5.39. The Bertz CT molecular complexity index is 967. The molecule has 3 rings (SSSR count). The van der Waals surface area contributed by atoms with Crippen molar-refractivity contribution in [2.75, 3.05) is 0 Å². The molecule has 3 nitrogen and oxygen atoms in total. The Balaban J connectivity index is 2.37. The Morgan fingerprint density at radius 1 is 0.839 bits per heavy atom. The van der Waals surface area contributed by atoms with Gasteiger partial charge in [0.25, 0.3) is 0 Å². The Morgan fingerprint density at radius 3 is 1.81 bits per heavy atom. The van der Waals surface area contributed by atoms with Crippen LogP contribution in [0.1, 0.15) is 48.8 Å². The van der Waals surface area contributed by atoms with E-state index in [-0.39, 0.29) is 5.92 Å². The molecule has 0 aliphatic heterocycles. The Hall–Kier alpha value is -1.53. The lowest BCUT2D eigenvalue weighted by molar-refractivity contribution is 0.0223. The van der Waals surface area contributed by atoms with Crippen molar-refractivity contribution in [3.05, 3.63) is 105 Å². The SMILES string of the molecule is CCCCC(c1cccc(Cl)c1)C(OB(O)O)(c1cccc(Cl)c1)c1cccc(Cl)c1. The molecule has 0 bridgehead atoms. The van der Waals surface area contributed by atoms with Gasteiger partial charge < -0.3 is 14.7 Å². The third kappa shape index (κ3) is 5.64. The van der Waals surface area contributed by atoms with Crippen LogP contribution < -0.4 is 0 Å². The minimum Gasteiger partial charge on any atom is -0.402 e. The normalized spacial score (nSPS) is 12.6. The van der Waals surface area contributed by atoms with Crippen LogP contribution in [0.15, 0.2) is 72.8 Å². The molecule has 1 atom stereocenters. The fraction of sp³-hybridized carbons (Fsp3) is 0.250. The van der Waals surface area contributed by atoms with Crippen LogP contribution in [0.3, 0.4) is 0 Å². The van der Waals surface area contributed by atoms with Crippen LogP contribution in [0.5, 0.6) is 0 Å². The van der Waals surface area contributed by atoms with E-state index in [0.717, 1.165) is 18.4 Å². The van der Waals surface area contributed by atoms with Gasteiger partial charge in [-0.3, -0.25) is 0 Å². The number of hydrogen-bond acceptors (Lipinski definition) is 3. The van der Waals surface area contributed by atoms with Gasteiger partial charge in [-0.1, -0.05) is 91.0 Å². The zero-order valence-electron chi connectivity index (χ0n) is 17.1. The molecule has 2 N–H and O–H groups in total. The molecule has 0 spiro atoms. The highest BCUT2D eigenvalue weighted by atomic mass is 35.5. The summed E-state index contributed by atoms with van der Waals surface area (Å²) in [5, 5.41) is 21.8. The quantitative estimate of drug-likeness (QED) is 0.331. The molecule has 162 valence electrons. The summed E-state index contributed by atoms with van der Waals surface area (Å²) in [5.74, 6) is -0.301. The average Bonchev–Trinajstić information content (AvgIpc) is 2.73. The third-order valence-corrected chi connectivity index (χ3v) is 6.09. The van der Waals surface area contributed by atoms with Crippen LogP contribution in [0.25, 0.3) is 0 Å². The average molecular weight is 478 g/mol. The Kier molecular flexibility index (Phi) is 8.46. The minimum absolute atomic E-state index is 0.301. The fourth-order valence-electron chi connectivity index (χ4n) is 4.13. The maximum absolute atomic E-state index is 10.1. The maximum Gasteiger partial charge on any atom is 0.634 e. The number of halogens is 3. The van der Waals surface area contributed by atoms with Gasteiger partial charge in [0, 0.05) is 21.0 Å². The zero-order valence-corrected chi connectivity index (χ0v) is 19.4. The smallest absolute Gasteiger partial charge is 0.402 e. The van der Waals surface area contributed by atoms with Gasteiger partial charge in [0.05, 0.1) is 0 Å². The zero-order chi connectivity index (χ0) is 22.4. The highest BCUT2D eigenvalue weighted by Gasteiger charge is 2.46. The van der Waals surface area contributed by atoms with Crippen LogP contribution >= 0.6 is 34.8 Å². The van der Waals surface area contributed by atoms with Crippen molar-refractivity contribution < 1.29 is 14.7 Å². The summed E-state index contributed by atoms with van der Waals surface area (Å²) in [7, 11) is -2.03. The van der Waals surface area contributed by atoms with Crippen molar-refractivity contribution in [2.45, 2.75) is 37.7 Å². The molecule has 3 aromatic rings. The van der Waals surface area contributed by atoms with E-state index < -0.39 is 12.9 Å². The second-order valence-corrected chi connectivity index (χ2v) is 8.76. The maximum atomic E-state index is 10.1. The second-order valence-electron chi connectivity index (χ2n) is 7.45. The lowest BCUT2D eigenvalue weighted by Gasteiger charge is -2.43. The Labute approximate surface area is 198 Å². The summed E-state index contributed by atoms with van der Waals surface area (Å²) in [6.45, 7) is 2.11. The van der Waals surface area contributed by atoms with Crippen molar-refractivity contribution in [2.24, 2.45) is 0 Å². The van der Waals surface area contributed by atoms with Crippen LogP contribution in [0.4, 0.5) is 0 Å². The number of rotatable bonds is 9. The summed E-state index contributed by atoms with van der Waals surface area (Å²) in [6, 6.07) is 22.0. The van der Waals surface area contributed by atoms with E-state index >= 15 is 0 Å². The molecule has 0 saturated heterocycles. The molecule has 31 heavy (non-hydrogen) atoms. The lowest BCUT2D eigenvalue weighted by atomic mass is 9.70. The molecule has 0 radical (unpaired) electrons. The fourth-order valence-corrected chi connectivity index (χ4v) is 4.71. The van der Waals surface area contributed by atoms with Crippen molar-refractivity contribution in [1.82, 2.24) is 0 Å². The number of unbranched alkanes of at least 4 members (excludes halogenated alkanes) is 1. The highest BCUT2D eigenvalue weighted by Crippen LogP contribution is 2.49. The summed E-state index contributed by atoms with van der Waals surface area (Å²) >= 11 is 19.1. The van der Waals surface area contributed by atoms with E-state index in [1.54, 1.807) is 24.3 Å². The minimum atomic E-state index is -2.03. The van der Waals surface area contributed by atoms with E-state index in [0.29, 0.717) is 32.6 Å². The van der Waals surface area contributed by atoms with Crippen LogP contribution in [-0.2, 0) is 10.3 Å². The van der Waals surface area contributed by atoms with Gasteiger partial charge in [-0.15, -0.1) is 0 Å². The summed E-state index contributed by atoms with van der Waals surface area (Å²) in [6.07, 6.45) is 2.56. The summed E-state index contributed by atoms with van der Waals surface area (Å²) in [4.78, 5) is 0. The van der Waals surface area contributed by atoms with Gasteiger partial charge in [0.2, 0.25) is 0 Å². The molecule has 0 aliphatic rings. The first-order chi connectivity index (χ1) is 14.9. The molecule has 0 aromatic heterocycles. The van der Waals surface area contributed by atoms with Gasteiger partial charge in [0.15, 0.2) is 0 Å². The monoisotopic (exact) mass is 476 g/mol. The van der Waals surface area contributed by atoms with Crippen LogP contribution in [0.2, 0.25) is 15.1 Å². The topological polar surface area (TPSA) is 49.7 Å². The molecular formula is C24H24BCl3O3. The van der Waals surface area contributed by atoms with Crippen molar-refractivity contribution in [3.63, 3.8) is 0 Å². The van der Waals surface area contributed by atoms with E-state index in [9.17, 15) is 10.0 Å². The lowest BCUT2D eigenvalue weighted by Crippen LogP contribution is -2.43. The summed E-state index contributed by atoms with van der Waals surface area (Å²) in [5.41, 5.74) is 1.03. The molecule has 0 saturated carbocycles. The molecule has 3 aromatic carbocycles. The predicted molar refractivity (Wildman–Crippen MR) is 129 cm³/mol. The molecule has 0 fully saturated rings. The van der Waals surface area contributed by atoms with E-state index in [1.807, 2.05) is 48.5 Å². The van der Waals surface area contributed by atoms with Gasteiger partial charge >= 0.3 is 7.32 Å².